The highest BCUT2D eigenvalue weighted by atomic mass is 35.5. The average molecular weight is 450 g/mol. The van der Waals surface area contributed by atoms with E-state index >= 15 is 0 Å². The highest BCUT2D eigenvalue weighted by Gasteiger charge is 2.36. The minimum Gasteiger partial charge on any atom is -0.488 e. The number of nitrogens with zero attached hydrogens (tertiary/aromatic N) is 1. The minimum absolute atomic E-state index is 0.0440. The molecule has 0 spiro atoms. The zero-order chi connectivity index (χ0) is 22.9. The SMILES string of the molecule is Cc1c(Cl)c2c(c(OCc3ccccc3)c1C(=O)Oc1ccccc1)CN(C(C)(C)C)C2. The smallest absolute Gasteiger partial charge is 0.347 e. The maximum Gasteiger partial charge on any atom is 0.347 e. The van der Waals surface area contributed by atoms with E-state index in [4.69, 9.17) is 21.1 Å². The van der Waals surface area contributed by atoms with Gasteiger partial charge in [-0.05, 0) is 56.5 Å². The van der Waals surface area contributed by atoms with Crippen LogP contribution in [0.1, 0.15) is 53.4 Å². The molecule has 0 saturated heterocycles. The summed E-state index contributed by atoms with van der Waals surface area (Å²) in [4.78, 5) is 15.7. The molecule has 0 amide bonds. The lowest BCUT2D eigenvalue weighted by molar-refractivity contribution is 0.0728. The molecule has 0 saturated carbocycles. The number of benzene rings is 3. The van der Waals surface area contributed by atoms with Gasteiger partial charge in [-0.25, -0.2) is 4.79 Å². The van der Waals surface area contributed by atoms with Crippen LogP contribution in [0.25, 0.3) is 0 Å². The van der Waals surface area contributed by atoms with Crippen molar-refractivity contribution in [2.75, 3.05) is 0 Å². The molecule has 1 heterocycles. The molecule has 3 aromatic carbocycles. The first-order chi connectivity index (χ1) is 15.3. The summed E-state index contributed by atoms with van der Waals surface area (Å²) in [5, 5.41) is 0.610. The van der Waals surface area contributed by atoms with E-state index in [-0.39, 0.29) is 5.54 Å². The van der Waals surface area contributed by atoms with Crippen molar-refractivity contribution in [1.82, 2.24) is 4.90 Å². The number of halogens is 1. The Hall–Kier alpha value is -2.82. The number of rotatable bonds is 5. The molecule has 0 bridgehead atoms. The van der Waals surface area contributed by atoms with Crippen molar-refractivity contribution in [2.45, 2.75) is 52.9 Å². The third-order valence-corrected chi connectivity index (χ3v) is 6.38. The summed E-state index contributed by atoms with van der Waals surface area (Å²) in [6, 6.07) is 19.0. The summed E-state index contributed by atoms with van der Waals surface area (Å²) in [7, 11) is 0. The lowest BCUT2D eigenvalue weighted by Crippen LogP contribution is -2.36. The first-order valence-electron chi connectivity index (χ1n) is 10.8. The third kappa shape index (κ3) is 4.52. The quantitative estimate of drug-likeness (QED) is 0.326. The van der Waals surface area contributed by atoms with E-state index in [9.17, 15) is 4.79 Å². The van der Waals surface area contributed by atoms with Crippen molar-refractivity contribution >= 4 is 17.6 Å². The molecular weight excluding hydrogens is 422 g/mol. The molecule has 0 aliphatic carbocycles. The zero-order valence-corrected chi connectivity index (χ0v) is 19.7. The molecule has 0 radical (unpaired) electrons. The highest BCUT2D eigenvalue weighted by molar-refractivity contribution is 6.33. The summed E-state index contributed by atoms with van der Waals surface area (Å²) < 4.78 is 12.0. The number of carbonyl (C=O) groups excluding carboxylic acids is 1. The van der Waals surface area contributed by atoms with Crippen molar-refractivity contribution in [3.05, 3.63) is 93.5 Å². The Morgan fingerprint density at radius 1 is 0.969 bits per heavy atom. The highest BCUT2D eigenvalue weighted by Crippen LogP contribution is 2.44. The van der Waals surface area contributed by atoms with Crippen LogP contribution in [0.4, 0.5) is 0 Å². The van der Waals surface area contributed by atoms with Crippen molar-refractivity contribution in [3.8, 4) is 11.5 Å². The Balaban J connectivity index is 1.77. The monoisotopic (exact) mass is 449 g/mol. The summed E-state index contributed by atoms with van der Waals surface area (Å²) in [5.74, 6) is 0.591. The van der Waals surface area contributed by atoms with Crippen LogP contribution in [-0.2, 0) is 19.7 Å². The number of para-hydroxylation sites is 1. The zero-order valence-electron chi connectivity index (χ0n) is 18.9. The molecule has 0 fully saturated rings. The van der Waals surface area contributed by atoms with Gasteiger partial charge in [0, 0.05) is 29.2 Å². The molecule has 0 N–H and O–H groups in total. The molecule has 4 rings (SSSR count). The van der Waals surface area contributed by atoms with Gasteiger partial charge in [-0.15, -0.1) is 0 Å². The molecule has 1 aliphatic heterocycles. The van der Waals surface area contributed by atoms with Crippen LogP contribution >= 0.6 is 11.6 Å². The Kier molecular flexibility index (Phi) is 6.27. The van der Waals surface area contributed by atoms with E-state index in [0.717, 1.165) is 16.7 Å². The van der Waals surface area contributed by atoms with Gasteiger partial charge in [-0.1, -0.05) is 60.1 Å². The van der Waals surface area contributed by atoms with Gasteiger partial charge in [0.2, 0.25) is 0 Å². The van der Waals surface area contributed by atoms with Crippen LogP contribution in [0.3, 0.4) is 0 Å². The van der Waals surface area contributed by atoms with Crippen molar-refractivity contribution in [2.24, 2.45) is 0 Å². The van der Waals surface area contributed by atoms with Gasteiger partial charge in [0.05, 0.1) is 0 Å². The largest absolute Gasteiger partial charge is 0.488 e. The van der Waals surface area contributed by atoms with Crippen LogP contribution in [-0.4, -0.2) is 16.4 Å². The Labute approximate surface area is 194 Å². The van der Waals surface area contributed by atoms with E-state index in [1.165, 1.54) is 0 Å². The van der Waals surface area contributed by atoms with Gasteiger partial charge in [0.25, 0.3) is 0 Å². The Morgan fingerprint density at radius 2 is 1.56 bits per heavy atom. The van der Waals surface area contributed by atoms with E-state index in [2.05, 4.69) is 25.7 Å². The molecule has 3 aromatic rings. The molecule has 0 aromatic heterocycles. The first kappa shape index (κ1) is 22.4. The van der Waals surface area contributed by atoms with E-state index in [1.807, 2.05) is 55.5 Å². The molecule has 0 unspecified atom stereocenters. The van der Waals surface area contributed by atoms with Gasteiger partial charge < -0.3 is 9.47 Å². The van der Waals surface area contributed by atoms with Gasteiger partial charge in [0.1, 0.15) is 23.7 Å². The van der Waals surface area contributed by atoms with Crippen LogP contribution in [0.2, 0.25) is 5.02 Å². The van der Waals surface area contributed by atoms with Crippen molar-refractivity contribution < 1.29 is 14.3 Å². The maximum absolute atomic E-state index is 13.3. The second-order valence-corrected chi connectivity index (χ2v) is 9.48. The maximum atomic E-state index is 13.3. The first-order valence-corrected chi connectivity index (χ1v) is 11.2. The average Bonchev–Trinajstić information content (AvgIpc) is 3.23. The van der Waals surface area contributed by atoms with Crippen LogP contribution in [0.15, 0.2) is 60.7 Å². The fraction of sp³-hybridized carbons (Fsp3) is 0.296. The van der Waals surface area contributed by atoms with Crippen LogP contribution < -0.4 is 9.47 Å². The standard InChI is InChI=1S/C27H28ClNO3/c1-18-23(26(30)32-20-13-9-6-10-14-20)25(31-17-19-11-7-5-8-12-19)22-16-29(27(2,3)4)15-21(22)24(18)28/h5-14H,15-17H2,1-4H3. The lowest BCUT2D eigenvalue weighted by Gasteiger charge is -2.31. The predicted molar refractivity (Wildman–Crippen MR) is 127 cm³/mol. The summed E-state index contributed by atoms with van der Waals surface area (Å²) in [6.07, 6.45) is 0. The predicted octanol–water partition coefficient (Wildman–Crippen LogP) is 6.56. The Morgan fingerprint density at radius 3 is 2.19 bits per heavy atom. The molecule has 32 heavy (non-hydrogen) atoms. The van der Waals surface area contributed by atoms with Crippen LogP contribution in [0, 0.1) is 6.92 Å². The van der Waals surface area contributed by atoms with E-state index in [0.29, 0.717) is 47.3 Å². The van der Waals surface area contributed by atoms with Gasteiger partial charge in [-0.2, -0.15) is 0 Å². The number of hydrogen-bond donors (Lipinski definition) is 0. The number of ether oxygens (including phenoxy) is 2. The summed E-state index contributed by atoms with van der Waals surface area (Å²) in [6.45, 7) is 10.1. The second-order valence-electron chi connectivity index (χ2n) is 9.10. The molecule has 4 nitrogen and oxygen atoms in total. The van der Waals surface area contributed by atoms with Gasteiger partial charge in [-0.3, -0.25) is 4.90 Å². The fourth-order valence-electron chi connectivity index (χ4n) is 3.95. The second kappa shape index (κ2) is 8.97. The molecule has 0 atom stereocenters. The lowest BCUT2D eigenvalue weighted by atomic mass is 9.98. The number of fused-ring (bicyclic) bond motifs is 1. The van der Waals surface area contributed by atoms with Gasteiger partial charge in [0.15, 0.2) is 0 Å². The van der Waals surface area contributed by atoms with Crippen molar-refractivity contribution in [1.29, 1.82) is 0 Å². The van der Waals surface area contributed by atoms with E-state index in [1.54, 1.807) is 12.1 Å². The molecule has 5 heteroatoms. The molecular formula is C27H28ClNO3. The summed E-state index contributed by atoms with van der Waals surface area (Å²) >= 11 is 6.81. The van der Waals surface area contributed by atoms with Gasteiger partial charge >= 0.3 is 5.97 Å². The normalized spacial score (nSPS) is 13.7. The van der Waals surface area contributed by atoms with Crippen molar-refractivity contribution in [3.63, 3.8) is 0 Å². The number of hydrogen-bond acceptors (Lipinski definition) is 4. The topological polar surface area (TPSA) is 38.8 Å². The molecule has 1 aliphatic rings. The molecule has 166 valence electrons. The fourth-order valence-corrected chi connectivity index (χ4v) is 4.22. The number of esters is 1. The third-order valence-electron chi connectivity index (χ3n) is 5.87. The minimum atomic E-state index is -0.462. The number of carbonyl (C=O) groups is 1. The van der Waals surface area contributed by atoms with E-state index < -0.39 is 5.97 Å². The van der Waals surface area contributed by atoms with Crippen LogP contribution in [0.5, 0.6) is 11.5 Å². The Bertz CT molecular complexity index is 1120. The summed E-state index contributed by atoms with van der Waals surface area (Å²) in [5.41, 5.74) is 4.05.